The van der Waals surface area contributed by atoms with Crippen LogP contribution in [0.15, 0.2) is 57.9 Å². The van der Waals surface area contributed by atoms with Crippen molar-refractivity contribution in [2.24, 2.45) is 0 Å². The first kappa shape index (κ1) is 18.5. The normalized spacial score (nSPS) is 12.0. The lowest BCUT2D eigenvalue weighted by atomic mass is 10.1. The Morgan fingerprint density at radius 2 is 1.75 bits per heavy atom. The zero-order valence-corrected chi connectivity index (χ0v) is 15.4. The maximum atomic E-state index is 13.6. The highest BCUT2D eigenvalue weighted by molar-refractivity contribution is 9.10. The molecule has 2 rings (SSSR count). The Morgan fingerprint density at radius 1 is 1.12 bits per heavy atom. The molecule has 0 aliphatic carbocycles. The third-order valence-electron chi connectivity index (χ3n) is 3.29. The first-order valence-corrected chi connectivity index (χ1v) is 9.15. The van der Waals surface area contributed by atoms with Gasteiger partial charge in [0.25, 0.3) is 0 Å². The van der Waals surface area contributed by atoms with Crippen molar-refractivity contribution in [1.29, 1.82) is 0 Å². The smallest absolute Gasteiger partial charge is 0.242 e. The van der Waals surface area contributed by atoms with Crippen molar-refractivity contribution >= 4 is 37.8 Å². The molecule has 0 aromatic heterocycles. The van der Waals surface area contributed by atoms with E-state index in [4.69, 9.17) is 0 Å². The zero-order valence-electron chi connectivity index (χ0n) is 13.0. The molecule has 0 saturated carbocycles. The van der Waals surface area contributed by atoms with Crippen LogP contribution < -0.4 is 0 Å². The van der Waals surface area contributed by atoms with Gasteiger partial charge in [0.1, 0.15) is 5.82 Å². The van der Waals surface area contributed by atoms with Crippen LogP contribution in [0.1, 0.15) is 15.9 Å². The molecule has 0 amide bonds. The molecule has 0 heterocycles. The average molecular weight is 412 g/mol. The molecule has 0 N–H and O–H groups in total. The third kappa shape index (κ3) is 4.17. The molecule has 0 spiro atoms. The predicted octanol–water partition coefficient (Wildman–Crippen LogP) is 3.73. The minimum absolute atomic E-state index is 0.103. The van der Waals surface area contributed by atoms with Gasteiger partial charge in [-0.15, -0.1) is 0 Å². The van der Waals surface area contributed by atoms with E-state index >= 15 is 0 Å². The van der Waals surface area contributed by atoms with Crippen LogP contribution in [-0.4, -0.2) is 32.6 Å². The van der Waals surface area contributed by atoms with E-state index < -0.39 is 15.8 Å². The summed E-state index contributed by atoms with van der Waals surface area (Å²) in [5.74, 6) is -0.780. The van der Waals surface area contributed by atoms with E-state index in [0.717, 1.165) is 4.31 Å². The molecule has 2 aromatic rings. The second-order valence-corrected chi connectivity index (χ2v) is 8.24. The number of allylic oxidation sites excluding steroid dienone is 1. The van der Waals surface area contributed by atoms with Crippen LogP contribution in [0.2, 0.25) is 0 Å². The lowest BCUT2D eigenvalue weighted by Gasteiger charge is -2.11. The fourth-order valence-corrected chi connectivity index (χ4v) is 3.19. The maximum Gasteiger partial charge on any atom is 0.242 e. The summed E-state index contributed by atoms with van der Waals surface area (Å²) in [4.78, 5) is 12.2. The van der Waals surface area contributed by atoms with Crippen LogP contribution in [0.25, 0.3) is 6.08 Å². The third-order valence-corrected chi connectivity index (χ3v) is 5.61. The molecule has 7 heteroatoms. The van der Waals surface area contributed by atoms with Crippen molar-refractivity contribution in [2.45, 2.75) is 4.90 Å². The second-order valence-electron chi connectivity index (χ2n) is 5.18. The standard InChI is InChI=1S/C17H15BrFNO3S/c1-20(2)24(22,23)15-7-3-12(4-8-15)17(21)10-5-13-11-14(18)6-9-16(13)19/h3-11H,1-2H3. The van der Waals surface area contributed by atoms with Crippen LogP contribution in [0.5, 0.6) is 0 Å². The Hall–Kier alpha value is -1.83. The SMILES string of the molecule is CN(C)S(=O)(=O)c1ccc(C(=O)C=Cc2cc(Br)ccc2F)cc1. The number of hydrogen-bond acceptors (Lipinski definition) is 3. The van der Waals surface area contributed by atoms with Crippen molar-refractivity contribution in [3.05, 3.63) is 70.0 Å². The van der Waals surface area contributed by atoms with E-state index in [1.807, 2.05) is 0 Å². The van der Waals surface area contributed by atoms with E-state index in [2.05, 4.69) is 15.9 Å². The highest BCUT2D eigenvalue weighted by Crippen LogP contribution is 2.18. The zero-order chi connectivity index (χ0) is 17.9. The number of carbonyl (C=O) groups is 1. The lowest BCUT2D eigenvalue weighted by Crippen LogP contribution is -2.22. The molecule has 0 aliphatic rings. The maximum absolute atomic E-state index is 13.6. The van der Waals surface area contributed by atoms with Gasteiger partial charge in [-0.1, -0.05) is 15.9 Å². The van der Waals surface area contributed by atoms with Gasteiger partial charge in [0, 0.05) is 29.7 Å². The summed E-state index contributed by atoms with van der Waals surface area (Å²) in [6, 6.07) is 10.0. The Balaban J connectivity index is 2.22. The Labute approximate surface area is 148 Å². The minimum atomic E-state index is -3.54. The Bertz CT molecular complexity index is 891. The van der Waals surface area contributed by atoms with Gasteiger partial charge in [0.2, 0.25) is 10.0 Å². The summed E-state index contributed by atoms with van der Waals surface area (Å²) >= 11 is 3.24. The van der Waals surface area contributed by atoms with E-state index in [1.165, 1.54) is 56.6 Å². The summed E-state index contributed by atoms with van der Waals surface area (Å²) in [7, 11) is -0.667. The molecule has 0 bridgehead atoms. The number of hydrogen-bond donors (Lipinski definition) is 0. The summed E-state index contributed by atoms with van der Waals surface area (Å²) in [5, 5.41) is 0. The summed E-state index contributed by atoms with van der Waals surface area (Å²) < 4.78 is 39.4. The fourth-order valence-electron chi connectivity index (χ4n) is 1.91. The van der Waals surface area contributed by atoms with Gasteiger partial charge in [-0.25, -0.2) is 17.1 Å². The number of rotatable bonds is 5. The molecule has 24 heavy (non-hydrogen) atoms. The number of ketones is 1. The van der Waals surface area contributed by atoms with Crippen molar-refractivity contribution in [3.8, 4) is 0 Å². The first-order chi connectivity index (χ1) is 11.2. The van der Waals surface area contributed by atoms with Crippen molar-refractivity contribution < 1.29 is 17.6 Å². The van der Waals surface area contributed by atoms with Gasteiger partial charge in [-0.2, -0.15) is 0 Å². The van der Waals surface area contributed by atoms with E-state index in [1.54, 1.807) is 12.1 Å². The summed E-state index contributed by atoms with van der Waals surface area (Å²) in [6.07, 6.45) is 2.63. The average Bonchev–Trinajstić information content (AvgIpc) is 2.55. The van der Waals surface area contributed by atoms with Crippen molar-refractivity contribution in [3.63, 3.8) is 0 Å². The molecule has 0 aliphatic heterocycles. The fraction of sp³-hybridized carbons (Fsp3) is 0.118. The van der Waals surface area contributed by atoms with E-state index in [0.29, 0.717) is 10.0 Å². The predicted molar refractivity (Wildman–Crippen MR) is 94.8 cm³/mol. The van der Waals surface area contributed by atoms with E-state index in [-0.39, 0.29) is 16.2 Å². The van der Waals surface area contributed by atoms with Gasteiger partial charge in [0.05, 0.1) is 4.90 Å². The van der Waals surface area contributed by atoms with Gasteiger partial charge in [0.15, 0.2) is 5.78 Å². The number of carbonyl (C=O) groups excluding carboxylic acids is 1. The monoisotopic (exact) mass is 411 g/mol. The van der Waals surface area contributed by atoms with Crippen LogP contribution >= 0.6 is 15.9 Å². The number of halogens is 2. The number of sulfonamides is 1. The Morgan fingerprint density at radius 3 is 2.33 bits per heavy atom. The molecular formula is C17H15BrFNO3S. The molecule has 2 aromatic carbocycles. The minimum Gasteiger partial charge on any atom is -0.289 e. The molecule has 126 valence electrons. The molecule has 0 fully saturated rings. The second kappa shape index (κ2) is 7.38. The van der Waals surface area contributed by atoms with Crippen molar-refractivity contribution in [2.75, 3.05) is 14.1 Å². The van der Waals surface area contributed by atoms with Gasteiger partial charge in [-0.05, 0) is 54.6 Å². The number of nitrogens with zero attached hydrogens (tertiary/aromatic N) is 1. The van der Waals surface area contributed by atoms with Gasteiger partial charge < -0.3 is 0 Å². The van der Waals surface area contributed by atoms with Crippen LogP contribution in [-0.2, 0) is 10.0 Å². The largest absolute Gasteiger partial charge is 0.289 e. The molecular weight excluding hydrogens is 397 g/mol. The molecule has 0 atom stereocenters. The van der Waals surface area contributed by atoms with Crippen LogP contribution in [0.4, 0.5) is 4.39 Å². The molecule has 0 radical (unpaired) electrons. The molecule has 0 saturated heterocycles. The highest BCUT2D eigenvalue weighted by atomic mass is 79.9. The summed E-state index contributed by atoms with van der Waals surface area (Å²) in [5.41, 5.74) is 0.601. The topological polar surface area (TPSA) is 54.5 Å². The molecule has 4 nitrogen and oxygen atoms in total. The van der Waals surface area contributed by atoms with Crippen LogP contribution in [0.3, 0.4) is 0 Å². The first-order valence-electron chi connectivity index (χ1n) is 6.92. The molecule has 0 unspecified atom stereocenters. The van der Waals surface area contributed by atoms with E-state index in [9.17, 15) is 17.6 Å². The lowest BCUT2D eigenvalue weighted by molar-refractivity contribution is 0.104. The number of benzene rings is 2. The van der Waals surface area contributed by atoms with Gasteiger partial charge in [-0.3, -0.25) is 4.79 Å². The Kier molecular flexibility index (Phi) is 5.69. The van der Waals surface area contributed by atoms with Crippen LogP contribution in [0, 0.1) is 5.82 Å². The quantitative estimate of drug-likeness (QED) is 0.556. The van der Waals surface area contributed by atoms with Gasteiger partial charge >= 0.3 is 0 Å². The van der Waals surface area contributed by atoms with Crippen molar-refractivity contribution in [1.82, 2.24) is 4.31 Å². The highest BCUT2D eigenvalue weighted by Gasteiger charge is 2.17. The summed E-state index contributed by atoms with van der Waals surface area (Å²) in [6.45, 7) is 0.